The second-order valence-corrected chi connectivity index (χ2v) is 16.1. The molecular formula is C51H31N3S2. The van der Waals surface area contributed by atoms with E-state index in [1.165, 1.54) is 45.9 Å². The third-order valence-electron chi connectivity index (χ3n) is 10.6. The van der Waals surface area contributed by atoms with Gasteiger partial charge in [-0.15, -0.1) is 22.7 Å². The van der Waals surface area contributed by atoms with E-state index in [2.05, 4.69) is 182 Å². The summed E-state index contributed by atoms with van der Waals surface area (Å²) < 4.78 is 5.19. The summed E-state index contributed by atoms with van der Waals surface area (Å²) >= 11 is 3.68. The highest BCUT2D eigenvalue weighted by atomic mass is 32.1. The van der Waals surface area contributed by atoms with Gasteiger partial charge >= 0.3 is 0 Å². The lowest BCUT2D eigenvalue weighted by molar-refractivity contribution is 1.07. The molecular weight excluding hydrogens is 719 g/mol. The number of aromatic nitrogens is 3. The molecule has 0 bridgehead atoms. The summed E-state index contributed by atoms with van der Waals surface area (Å²) in [5.41, 5.74) is 9.69. The van der Waals surface area contributed by atoms with Gasteiger partial charge in [-0.3, -0.25) is 0 Å². The van der Waals surface area contributed by atoms with Crippen molar-refractivity contribution in [1.82, 2.24) is 15.0 Å². The number of nitrogens with zero attached hydrogens (tertiary/aromatic N) is 3. The maximum Gasteiger partial charge on any atom is 0.164 e. The molecule has 0 fully saturated rings. The standard InChI is InChI=1S/C51H31N3S2/c1-2-12-32(13-3-1)38-16-4-5-18-41(38)51-53-49(34-26-24-33(25-27-34)39-20-11-23-47-48(39)42-19-7-9-22-45(42)56-47)52-50(54-51)37-15-10-14-35(30-37)36-28-29-46-43(31-36)40-17-6-8-21-44(40)55-46/h1-31H. The van der Waals surface area contributed by atoms with Gasteiger partial charge in [-0.25, -0.2) is 15.0 Å². The highest BCUT2D eigenvalue weighted by molar-refractivity contribution is 7.26. The lowest BCUT2D eigenvalue weighted by Gasteiger charge is -2.13. The van der Waals surface area contributed by atoms with E-state index in [0.717, 1.165) is 44.5 Å². The predicted molar refractivity (Wildman–Crippen MR) is 238 cm³/mol. The van der Waals surface area contributed by atoms with E-state index in [0.29, 0.717) is 17.5 Å². The van der Waals surface area contributed by atoms with Gasteiger partial charge in [0.05, 0.1) is 0 Å². The Morgan fingerprint density at radius 1 is 0.268 bits per heavy atom. The third kappa shape index (κ3) is 5.68. The minimum absolute atomic E-state index is 0.634. The van der Waals surface area contributed by atoms with Crippen molar-refractivity contribution < 1.29 is 0 Å². The highest BCUT2D eigenvalue weighted by Crippen LogP contribution is 2.41. The molecule has 0 saturated heterocycles. The van der Waals surface area contributed by atoms with Crippen molar-refractivity contribution >= 4 is 63.0 Å². The Hall–Kier alpha value is -6.79. The number of fused-ring (bicyclic) bond motifs is 6. The van der Waals surface area contributed by atoms with Gasteiger partial charge < -0.3 is 0 Å². The fraction of sp³-hybridized carbons (Fsp3) is 0. The van der Waals surface area contributed by atoms with Crippen LogP contribution in [0.5, 0.6) is 0 Å². The third-order valence-corrected chi connectivity index (χ3v) is 12.9. The number of thiophene rings is 2. The molecule has 8 aromatic carbocycles. The first-order valence-corrected chi connectivity index (χ1v) is 20.3. The Balaban J connectivity index is 1.05. The summed E-state index contributed by atoms with van der Waals surface area (Å²) in [5.74, 6) is 1.91. The van der Waals surface area contributed by atoms with E-state index in [-0.39, 0.29) is 0 Å². The molecule has 56 heavy (non-hydrogen) atoms. The zero-order valence-electron chi connectivity index (χ0n) is 30.1. The minimum Gasteiger partial charge on any atom is -0.208 e. The van der Waals surface area contributed by atoms with Gasteiger partial charge in [0, 0.05) is 57.0 Å². The van der Waals surface area contributed by atoms with Crippen molar-refractivity contribution in [2.75, 3.05) is 0 Å². The van der Waals surface area contributed by atoms with Gasteiger partial charge in [0.1, 0.15) is 0 Å². The van der Waals surface area contributed by atoms with Crippen LogP contribution in [0.2, 0.25) is 0 Å². The van der Waals surface area contributed by atoms with Crippen LogP contribution in [0.3, 0.4) is 0 Å². The van der Waals surface area contributed by atoms with Crippen LogP contribution in [0.15, 0.2) is 188 Å². The van der Waals surface area contributed by atoms with Gasteiger partial charge in [-0.05, 0) is 69.8 Å². The largest absolute Gasteiger partial charge is 0.208 e. The lowest BCUT2D eigenvalue weighted by atomic mass is 9.98. The van der Waals surface area contributed by atoms with E-state index >= 15 is 0 Å². The summed E-state index contributed by atoms with van der Waals surface area (Å²) in [6.07, 6.45) is 0. The normalized spacial score (nSPS) is 11.6. The first kappa shape index (κ1) is 32.6. The van der Waals surface area contributed by atoms with Crippen molar-refractivity contribution in [2.24, 2.45) is 0 Å². The summed E-state index contributed by atoms with van der Waals surface area (Å²) in [6.45, 7) is 0. The van der Waals surface area contributed by atoms with Crippen LogP contribution in [0.4, 0.5) is 0 Å². The molecule has 3 heterocycles. The number of hydrogen-bond acceptors (Lipinski definition) is 5. The Morgan fingerprint density at radius 3 is 1.61 bits per heavy atom. The molecule has 0 saturated carbocycles. The molecule has 0 spiro atoms. The molecule has 5 heteroatoms. The van der Waals surface area contributed by atoms with Crippen LogP contribution in [-0.4, -0.2) is 15.0 Å². The molecule has 3 aromatic heterocycles. The van der Waals surface area contributed by atoms with E-state index in [1.54, 1.807) is 0 Å². The predicted octanol–water partition coefficient (Wildman–Crippen LogP) is 14.6. The quantitative estimate of drug-likeness (QED) is 0.170. The first-order valence-electron chi connectivity index (χ1n) is 18.7. The van der Waals surface area contributed by atoms with Gasteiger partial charge in [0.2, 0.25) is 0 Å². The molecule has 0 unspecified atom stereocenters. The summed E-state index contributed by atoms with van der Waals surface area (Å²) in [5, 5.41) is 5.17. The Kier molecular flexibility index (Phi) is 7.87. The number of benzene rings is 8. The second kappa shape index (κ2) is 13.5. The molecule has 0 N–H and O–H groups in total. The average Bonchev–Trinajstić information content (AvgIpc) is 3.85. The van der Waals surface area contributed by atoms with Crippen LogP contribution in [-0.2, 0) is 0 Å². The summed E-state index contributed by atoms with van der Waals surface area (Å²) in [6, 6.07) is 66.8. The van der Waals surface area contributed by atoms with E-state index in [9.17, 15) is 0 Å². The Bertz CT molecular complexity index is 3250. The molecule has 11 rings (SSSR count). The average molecular weight is 750 g/mol. The van der Waals surface area contributed by atoms with Crippen LogP contribution in [0.25, 0.3) is 108 Å². The molecule has 262 valence electrons. The fourth-order valence-electron chi connectivity index (χ4n) is 7.86. The minimum atomic E-state index is 0.634. The van der Waals surface area contributed by atoms with Gasteiger partial charge in [0.25, 0.3) is 0 Å². The zero-order valence-corrected chi connectivity index (χ0v) is 31.7. The van der Waals surface area contributed by atoms with E-state index < -0.39 is 0 Å². The van der Waals surface area contributed by atoms with Crippen molar-refractivity contribution in [3.63, 3.8) is 0 Å². The molecule has 0 aliphatic carbocycles. The van der Waals surface area contributed by atoms with Gasteiger partial charge in [-0.1, -0.05) is 152 Å². The monoisotopic (exact) mass is 749 g/mol. The maximum atomic E-state index is 5.21. The smallest absolute Gasteiger partial charge is 0.164 e. The van der Waals surface area contributed by atoms with E-state index in [4.69, 9.17) is 15.0 Å². The Morgan fingerprint density at radius 2 is 0.768 bits per heavy atom. The molecule has 0 radical (unpaired) electrons. The first-order chi connectivity index (χ1) is 27.7. The maximum absolute atomic E-state index is 5.21. The number of rotatable bonds is 6. The van der Waals surface area contributed by atoms with Crippen LogP contribution in [0, 0.1) is 0 Å². The lowest BCUT2D eigenvalue weighted by Crippen LogP contribution is -2.01. The molecule has 0 aliphatic rings. The van der Waals surface area contributed by atoms with Crippen molar-refractivity contribution in [2.45, 2.75) is 0 Å². The topological polar surface area (TPSA) is 38.7 Å². The van der Waals surface area contributed by atoms with Gasteiger partial charge in [-0.2, -0.15) is 0 Å². The van der Waals surface area contributed by atoms with Crippen LogP contribution < -0.4 is 0 Å². The highest BCUT2D eigenvalue weighted by Gasteiger charge is 2.17. The van der Waals surface area contributed by atoms with E-state index in [1.807, 2.05) is 28.7 Å². The SMILES string of the molecule is c1ccc(-c2ccccc2-c2nc(-c3ccc(-c4cccc5sc6ccccc6c45)cc3)nc(-c3cccc(-c4ccc5sc6ccccc6c5c4)c3)n2)cc1. The summed E-state index contributed by atoms with van der Waals surface area (Å²) in [4.78, 5) is 15.6. The molecule has 0 atom stereocenters. The number of hydrogen-bond donors (Lipinski definition) is 0. The zero-order chi connectivity index (χ0) is 37.0. The summed E-state index contributed by atoms with van der Waals surface area (Å²) in [7, 11) is 0. The van der Waals surface area contributed by atoms with Crippen LogP contribution in [0.1, 0.15) is 0 Å². The van der Waals surface area contributed by atoms with Crippen molar-refractivity contribution in [1.29, 1.82) is 0 Å². The molecule has 0 aliphatic heterocycles. The molecule has 0 amide bonds. The Labute approximate surface area is 331 Å². The van der Waals surface area contributed by atoms with Crippen molar-refractivity contribution in [3.05, 3.63) is 188 Å². The fourth-order valence-corrected chi connectivity index (χ4v) is 10.1. The van der Waals surface area contributed by atoms with Gasteiger partial charge in [0.15, 0.2) is 17.5 Å². The second-order valence-electron chi connectivity index (χ2n) is 14.0. The molecule has 11 aromatic rings. The molecule has 3 nitrogen and oxygen atoms in total. The van der Waals surface area contributed by atoms with Crippen molar-refractivity contribution in [3.8, 4) is 67.5 Å². The van der Waals surface area contributed by atoms with Crippen LogP contribution >= 0.6 is 22.7 Å².